The number of rotatable bonds is 4. The number of methoxy groups -OCH3 is 2. The smallest absolute Gasteiger partial charge is 0.122 e. The van der Waals surface area contributed by atoms with E-state index in [2.05, 4.69) is 25.1 Å². The first-order valence-corrected chi connectivity index (χ1v) is 6.03. The minimum Gasteiger partial charge on any atom is -0.497 e. The molecule has 94 valence electrons. The van der Waals surface area contributed by atoms with Gasteiger partial charge >= 0.3 is 0 Å². The van der Waals surface area contributed by atoms with Crippen molar-refractivity contribution < 1.29 is 9.47 Å². The maximum absolute atomic E-state index is 5.41. The summed E-state index contributed by atoms with van der Waals surface area (Å²) in [4.78, 5) is 0. The first kappa shape index (κ1) is 12.5. The van der Waals surface area contributed by atoms with Gasteiger partial charge in [-0.25, -0.2) is 0 Å². The van der Waals surface area contributed by atoms with Crippen LogP contribution in [0.5, 0.6) is 11.5 Å². The molecule has 1 atom stereocenters. The Morgan fingerprint density at radius 2 is 1.50 bits per heavy atom. The summed E-state index contributed by atoms with van der Waals surface area (Å²) in [5.74, 6) is 2.11. The molecule has 0 aliphatic heterocycles. The van der Waals surface area contributed by atoms with E-state index in [1.807, 2.05) is 30.3 Å². The first-order valence-electron chi connectivity index (χ1n) is 6.03. The second-order valence-electron chi connectivity index (χ2n) is 4.24. The van der Waals surface area contributed by atoms with Crippen molar-refractivity contribution >= 4 is 0 Å². The Kier molecular flexibility index (Phi) is 3.88. The molecule has 0 aromatic heterocycles. The molecule has 2 nitrogen and oxygen atoms in total. The third kappa shape index (κ3) is 2.48. The van der Waals surface area contributed by atoms with E-state index in [0.717, 1.165) is 11.5 Å². The molecule has 0 saturated heterocycles. The van der Waals surface area contributed by atoms with Gasteiger partial charge in [0, 0.05) is 11.5 Å². The van der Waals surface area contributed by atoms with Crippen molar-refractivity contribution in [2.24, 2.45) is 0 Å². The van der Waals surface area contributed by atoms with Gasteiger partial charge in [0.15, 0.2) is 0 Å². The van der Waals surface area contributed by atoms with E-state index in [4.69, 9.17) is 9.47 Å². The molecule has 2 heteroatoms. The third-order valence-corrected chi connectivity index (χ3v) is 3.22. The minimum absolute atomic E-state index is 0.298. The maximum atomic E-state index is 5.41. The van der Waals surface area contributed by atoms with E-state index < -0.39 is 0 Å². The monoisotopic (exact) mass is 242 g/mol. The lowest BCUT2D eigenvalue weighted by Crippen LogP contribution is -1.99. The molecule has 0 saturated carbocycles. The fraction of sp³-hybridized carbons (Fsp3) is 0.250. The van der Waals surface area contributed by atoms with Crippen LogP contribution in [0, 0.1) is 0 Å². The van der Waals surface area contributed by atoms with E-state index in [9.17, 15) is 0 Å². The van der Waals surface area contributed by atoms with Gasteiger partial charge in [-0.15, -0.1) is 0 Å². The van der Waals surface area contributed by atoms with Crippen molar-refractivity contribution in [1.29, 1.82) is 0 Å². The minimum atomic E-state index is 0.298. The average Bonchev–Trinajstić information content (AvgIpc) is 2.46. The van der Waals surface area contributed by atoms with Crippen LogP contribution >= 0.6 is 0 Å². The summed E-state index contributed by atoms with van der Waals surface area (Å²) >= 11 is 0. The van der Waals surface area contributed by atoms with Crippen LogP contribution in [0.25, 0.3) is 0 Å². The van der Waals surface area contributed by atoms with Gasteiger partial charge in [-0.3, -0.25) is 0 Å². The summed E-state index contributed by atoms with van der Waals surface area (Å²) in [6, 6.07) is 16.3. The van der Waals surface area contributed by atoms with Crippen LogP contribution in [-0.2, 0) is 0 Å². The Balaban J connectivity index is 2.31. The summed E-state index contributed by atoms with van der Waals surface area (Å²) in [6.07, 6.45) is 0. The number of ether oxygens (including phenoxy) is 2. The highest BCUT2D eigenvalue weighted by atomic mass is 16.5. The summed E-state index contributed by atoms with van der Waals surface area (Å²) in [5, 5.41) is 0. The van der Waals surface area contributed by atoms with Gasteiger partial charge in [0.2, 0.25) is 0 Å². The van der Waals surface area contributed by atoms with Gasteiger partial charge in [0.05, 0.1) is 14.2 Å². The van der Waals surface area contributed by atoms with Crippen LogP contribution in [0.1, 0.15) is 24.0 Å². The quantitative estimate of drug-likeness (QED) is 0.810. The third-order valence-electron chi connectivity index (χ3n) is 3.22. The zero-order chi connectivity index (χ0) is 13.0. The lowest BCUT2D eigenvalue weighted by atomic mass is 9.92. The summed E-state index contributed by atoms with van der Waals surface area (Å²) < 4.78 is 10.6. The Morgan fingerprint density at radius 3 is 2.11 bits per heavy atom. The molecule has 0 unspecified atom stereocenters. The van der Waals surface area contributed by atoms with Crippen molar-refractivity contribution in [3.05, 3.63) is 59.7 Å². The van der Waals surface area contributed by atoms with E-state index in [-0.39, 0.29) is 0 Å². The lowest BCUT2D eigenvalue weighted by Gasteiger charge is -2.16. The molecule has 0 amide bonds. The fourth-order valence-corrected chi connectivity index (χ4v) is 2.10. The highest BCUT2D eigenvalue weighted by Gasteiger charge is 2.12. The highest BCUT2D eigenvalue weighted by Crippen LogP contribution is 2.31. The standard InChI is InChI=1S/C16H18O2/c1-12(13-8-10-14(17-2)11-9-13)15-6-4-5-7-16(15)18-3/h4-12H,1-3H3/t12-/m0/s1. The molecule has 2 aromatic rings. The number of hydrogen-bond acceptors (Lipinski definition) is 2. The zero-order valence-electron chi connectivity index (χ0n) is 11.0. The Hall–Kier alpha value is -1.96. The topological polar surface area (TPSA) is 18.5 Å². The molecule has 0 N–H and O–H groups in total. The SMILES string of the molecule is COc1ccc([C@H](C)c2ccccc2OC)cc1. The van der Waals surface area contributed by atoms with Crippen LogP contribution in [0.4, 0.5) is 0 Å². The molecule has 0 spiro atoms. The van der Waals surface area contributed by atoms with Crippen LogP contribution < -0.4 is 9.47 Å². The predicted octanol–water partition coefficient (Wildman–Crippen LogP) is 3.86. The Labute approximate surface area is 108 Å². The summed E-state index contributed by atoms with van der Waals surface area (Å²) in [6.45, 7) is 2.18. The first-order chi connectivity index (χ1) is 8.76. The van der Waals surface area contributed by atoms with Gasteiger partial charge in [0.1, 0.15) is 11.5 Å². The number of para-hydroxylation sites is 1. The van der Waals surface area contributed by atoms with Crippen molar-refractivity contribution in [2.75, 3.05) is 14.2 Å². The molecule has 0 aliphatic rings. The molecule has 0 aliphatic carbocycles. The van der Waals surface area contributed by atoms with Crippen LogP contribution in [0.2, 0.25) is 0 Å². The van der Waals surface area contributed by atoms with Gasteiger partial charge < -0.3 is 9.47 Å². The number of hydrogen-bond donors (Lipinski definition) is 0. The fourth-order valence-electron chi connectivity index (χ4n) is 2.10. The predicted molar refractivity (Wildman–Crippen MR) is 73.5 cm³/mol. The van der Waals surface area contributed by atoms with Gasteiger partial charge in [-0.1, -0.05) is 37.3 Å². The zero-order valence-corrected chi connectivity index (χ0v) is 11.0. The normalized spacial score (nSPS) is 11.9. The molecular weight excluding hydrogens is 224 g/mol. The second-order valence-corrected chi connectivity index (χ2v) is 4.24. The highest BCUT2D eigenvalue weighted by molar-refractivity contribution is 5.42. The largest absolute Gasteiger partial charge is 0.497 e. The van der Waals surface area contributed by atoms with Gasteiger partial charge in [-0.2, -0.15) is 0 Å². The van der Waals surface area contributed by atoms with Crippen molar-refractivity contribution in [2.45, 2.75) is 12.8 Å². The van der Waals surface area contributed by atoms with E-state index in [0.29, 0.717) is 5.92 Å². The Bertz CT molecular complexity index is 503. The van der Waals surface area contributed by atoms with E-state index in [1.54, 1.807) is 14.2 Å². The van der Waals surface area contributed by atoms with Crippen molar-refractivity contribution in [1.82, 2.24) is 0 Å². The average molecular weight is 242 g/mol. The summed E-state index contributed by atoms with van der Waals surface area (Å²) in [7, 11) is 3.39. The van der Waals surface area contributed by atoms with Crippen LogP contribution in [-0.4, -0.2) is 14.2 Å². The molecular formula is C16H18O2. The molecule has 2 aromatic carbocycles. The van der Waals surface area contributed by atoms with Crippen LogP contribution in [0.3, 0.4) is 0 Å². The maximum Gasteiger partial charge on any atom is 0.122 e. The van der Waals surface area contributed by atoms with Gasteiger partial charge in [0.25, 0.3) is 0 Å². The van der Waals surface area contributed by atoms with Crippen molar-refractivity contribution in [3.8, 4) is 11.5 Å². The molecule has 2 rings (SSSR count). The molecule has 0 fully saturated rings. The summed E-state index contributed by atoms with van der Waals surface area (Å²) in [5.41, 5.74) is 2.45. The van der Waals surface area contributed by atoms with Crippen molar-refractivity contribution in [3.63, 3.8) is 0 Å². The van der Waals surface area contributed by atoms with E-state index >= 15 is 0 Å². The molecule has 0 heterocycles. The Morgan fingerprint density at radius 1 is 0.833 bits per heavy atom. The van der Waals surface area contributed by atoms with E-state index in [1.165, 1.54) is 11.1 Å². The number of benzene rings is 2. The van der Waals surface area contributed by atoms with Crippen LogP contribution in [0.15, 0.2) is 48.5 Å². The molecule has 0 bridgehead atoms. The lowest BCUT2D eigenvalue weighted by molar-refractivity contribution is 0.408. The molecule has 0 radical (unpaired) electrons. The molecule has 18 heavy (non-hydrogen) atoms. The van der Waals surface area contributed by atoms with Gasteiger partial charge in [-0.05, 0) is 23.8 Å². The second kappa shape index (κ2) is 5.58.